The van der Waals surface area contributed by atoms with Crippen LogP contribution in [0.4, 0.5) is 0 Å². The quantitative estimate of drug-likeness (QED) is 0.435. The zero-order valence-electron chi connectivity index (χ0n) is 21.2. The SMILES string of the molecule is COc1nc(O[C@H]2CCc3c(-c4ccc5c(c4)OCCO5)cccc32)c(Cl)cc1CNC[C@@H]1CCC(=O)N1. The molecule has 1 aliphatic carbocycles. The van der Waals surface area contributed by atoms with Crippen LogP contribution >= 0.6 is 11.6 Å². The summed E-state index contributed by atoms with van der Waals surface area (Å²) in [5.74, 6) is 2.50. The van der Waals surface area contributed by atoms with E-state index in [0.717, 1.165) is 47.5 Å². The van der Waals surface area contributed by atoms with Crippen LogP contribution in [0.15, 0.2) is 42.5 Å². The summed E-state index contributed by atoms with van der Waals surface area (Å²) >= 11 is 6.63. The van der Waals surface area contributed by atoms with Gasteiger partial charge < -0.3 is 29.6 Å². The first-order chi connectivity index (χ1) is 18.6. The van der Waals surface area contributed by atoms with E-state index in [1.807, 2.05) is 12.1 Å². The number of fused-ring (bicyclic) bond motifs is 2. The van der Waals surface area contributed by atoms with Crippen molar-refractivity contribution in [2.45, 2.75) is 44.4 Å². The van der Waals surface area contributed by atoms with E-state index in [9.17, 15) is 4.79 Å². The number of halogens is 1. The van der Waals surface area contributed by atoms with Gasteiger partial charge in [0.15, 0.2) is 11.5 Å². The first-order valence-electron chi connectivity index (χ1n) is 13.0. The Morgan fingerprint density at radius 2 is 1.95 bits per heavy atom. The van der Waals surface area contributed by atoms with Gasteiger partial charge in [-0.25, -0.2) is 0 Å². The summed E-state index contributed by atoms with van der Waals surface area (Å²) in [6.45, 7) is 2.33. The largest absolute Gasteiger partial charge is 0.486 e. The Morgan fingerprint density at radius 1 is 1.08 bits per heavy atom. The van der Waals surface area contributed by atoms with E-state index in [0.29, 0.717) is 49.5 Å². The predicted molar refractivity (Wildman–Crippen MR) is 143 cm³/mol. The van der Waals surface area contributed by atoms with E-state index < -0.39 is 0 Å². The molecule has 3 aromatic rings. The van der Waals surface area contributed by atoms with Gasteiger partial charge in [0, 0.05) is 31.1 Å². The topological polar surface area (TPSA) is 90.9 Å². The maximum Gasteiger partial charge on any atom is 0.236 e. The van der Waals surface area contributed by atoms with E-state index in [1.165, 1.54) is 11.1 Å². The number of amides is 1. The fraction of sp³-hybridized carbons (Fsp3) is 0.379. The van der Waals surface area contributed by atoms with Crippen molar-refractivity contribution in [3.05, 3.63) is 64.2 Å². The highest BCUT2D eigenvalue weighted by Crippen LogP contribution is 2.43. The van der Waals surface area contributed by atoms with Crippen molar-refractivity contribution in [3.63, 3.8) is 0 Å². The highest BCUT2D eigenvalue weighted by atomic mass is 35.5. The molecule has 0 radical (unpaired) electrons. The molecule has 3 heterocycles. The second kappa shape index (κ2) is 10.7. The Morgan fingerprint density at radius 3 is 2.76 bits per heavy atom. The second-order valence-electron chi connectivity index (χ2n) is 9.75. The number of benzene rings is 2. The number of carbonyl (C=O) groups is 1. The normalized spacial score (nSPS) is 19.7. The summed E-state index contributed by atoms with van der Waals surface area (Å²) in [6, 6.07) is 14.4. The molecule has 2 aliphatic heterocycles. The van der Waals surface area contributed by atoms with Gasteiger partial charge in [-0.2, -0.15) is 4.98 Å². The molecule has 0 bridgehead atoms. The van der Waals surface area contributed by atoms with Crippen LogP contribution in [-0.4, -0.2) is 43.8 Å². The van der Waals surface area contributed by atoms with Gasteiger partial charge in [0.05, 0.1) is 7.11 Å². The molecule has 3 aliphatic rings. The number of nitrogens with one attached hydrogen (secondary N) is 2. The lowest BCUT2D eigenvalue weighted by molar-refractivity contribution is -0.119. The fourth-order valence-corrected chi connectivity index (χ4v) is 5.66. The molecule has 8 nitrogen and oxygen atoms in total. The highest BCUT2D eigenvalue weighted by Gasteiger charge is 2.29. The van der Waals surface area contributed by atoms with E-state index in [4.69, 9.17) is 30.5 Å². The fourth-order valence-electron chi connectivity index (χ4n) is 5.45. The van der Waals surface area contributed by atoms with E-state index >= 15 is 0 Å². The van der Waals surface area contributed by atoms with Gasteiger partial charge in [-0.05, 0) is 59.7 Å². The molecule has 1 saturated heterocycles. The molecule has 9 heteroatoms. The number of pyridine rings is 1. The van der Waals surface area contributed by atoms with Gasteiger partial charge in [-0.3, -0.25) is 4.79 Å². The first-order valence-corrected chi connectivity index (χ1v) is 13.4. The summed E-state index contributed by atoms with van der Waals surface area (Å²) in [4.78, 5) is 16.0. The van der Waals surface area contributed by atoms with Crippen molar-refractivity contribution < 1.29 is 23.7 Å². The van der Waals surface area contributed by atoms with E-state index in [2.05, 4.69) is 45.9 Å². The summed E-state index contributed by atoms with van der Waals surface area (Å²) < 4.78 is 23.4. The number of rotatable bonds is 8. The minimum atomic E-state index is -0.160. The molecule has 2 aromatic carbocycles. The lowest BCUT2D eigenvalue weighted by atomic mass is 9.96. The minimum Gasteiger partial charge on any atom is -0.486 e. The number of ether oxygens (including phenoxy) is 4. The lowest BCUT2D eigenvalue weighted by Gasteiger charge is -2.20. The van der Waals surface area contributed by atoms with Crippen molar-refractivity contribution in [2.75, 3.05) is 26.9 Å². The number of hydrogen-bond acceptors (Lipinski definition) is 7. The van der Waals surface area contributed by atoms with Crippen molar-refractivity contribution in [1.82, 2.24) is 15.6 Å². The minimum absolute atomic E-state index is 0.104. The molecule has 0 saturated carbocycles. The van der Waals surface area contributed by atoms with Gasteiger partial charge in [0.1, 0.15) is 24.3 Å². The van der Waals surface area contributed by atoms with Crippen LogP contribution < -0.4 is 29.6 Å². The Kier molecular flexibility index (Phi) is 7.00. The monoisotopic (exact) mass is 535 g/mol. The molecular weight excluding hydrogens is 506 g/mol. The van der Waals surface area contributed by atoms with Gasteiger partial charge in [-0.15, -0.1) is 0 Å². The van der Waals surface area contributed by atoms with Crippen LogP contribution in [-0.2, 0) is 17.8 Å². The molecule has 198 valence electrons. The van der Waals surface area contributed by atoms with Gasteiger partial charge in [0.2, 0.25) is 17.7 Å². The summed E-state index contributed by atoms with van der Waals surface area (Å²) in [5.41, 5.74) is 5.50. The molecule has 2 atom stereocenters. The Bertz CT molecular complexity index is 1360. The third-order valence-electron chi connectivity index (χ3n) is 7.29. The van der Waals surface area contributed by atoms with Crippen molar-refractivity contribution in [2.24, 2.45) is 0 Å². The molecule has 1 aromatic heterocycles. The van der Waals surface area contributed by atoms with Gasteiger partial charge in [-0.1, -0.05) is 35.9 Å². The molecule has 38 heavy (non-hydrogen) atoms. The van der Waals surface area contributed by atoms with Crippen LogP contribution in [0.25, 0.3) is 11.1 Å². The average Bonchev–Trinajstić information content (AvgIpc) is 3.55. The van der Waals surface area contributed by atoms with Crippen LogP contribution in [0, 0.1) is 0 Å². The zero-order valence-corrected chi connectivity index (χ0v) is 22.0. The zero-order chi connectivity index (χ0) is 26.1. The molecule has 0 unspecified atom stereocenters. The molecule has 1 amide bonds. The van der Waals surface area contributed by atoms with Crippen molar-refractivity contribution in [3.8, 4) is 34.4 Å². The molecule has 6 rings (SSSR count). The Labute approximate surface area is 226 Å². The summed E-state index contributed by atoms with van der Waals surface area (Å²) in [7, 11) is 1.59. The van der Waals surface area contributed by atoms with Crippen molar-refractivity contribution >= 4 is 17.5 Å². The van der Waals surface area contributed by atoms with Crippen LogP contribution in [0.5, 0.6) is 23.3 Å². The number of methoxy groups -OCH3 is 1. The predicted octanol–water partition coefficient (Wildman–Crippen LogP) is 4.62. The van der Waals surface area contributed by atoms with Crippen LogP contribution in [0.2, 0.25) is 5.02 Å². The number of hydrogen-bond donors (Lipinski definition) is 2. The Hall–Kier alpha value is -3.49. The third kappa shape index (κ3) is 4.98. The van der Waals surface area contributed by atoms with Gasteiger partial charge in [0.25, 0.3) is 0 Å². The smallest absolute Gasteiger partial charge is 0.236 e. The third-order valence-corrected chi connectivity index (χ3v) is 7.56. The van der Waals surface area contributed by atoms with Gasteiger partial charge >= 0.3 is 0 Å². The average molecular weight is 536 g/mol. The van der Waals surface area contributed by atoms with Crippen LogP contribution in [0.3, 0.4) is 0 Å². The summed E-state index contributed by atoms with van der Waals surface area (Å²) in [6.07, 6.45) is 2.98. The molecular formula is C29H30ClN3O5. The maximum absolute atomic E-state index is 11.4. The highest BCUT2D eigenvalue weighted by molar-refractivity contribution is 6.31. The summed E-state index contributed by atoms with van der Waals surface area (Å²) in [5, 5.41) is 6.76. The van der Waals surface area contributed by atoms with Crippen molar-refractivity contribution in [1.29, 1.82) is 0 Å². The number of aromatic nitrogens is 1. The number of carbonyl (C=O) groups excluding carboxylic acids is 1. The second-order valence-corrected chi connectivity index (χ2v) is 10.2. The maximum atomic E-state index is 11.4. The number of nitrogens with zero attached hydrogens (tertiary/aromatic N) is 1. The molecule has 0 spiro atoms. The standard InChI is InChI=1S/C29H30ClN3O5/c1-35-28-18(15-31-16-19-6-10-27(34)32-19)13-23(30)29(33-28)38-24-9-7-21-20(3-2-4-22(21)24)17-5-8-25-26(14-17)37-12-11-36-25/h2-5,8,13-14,19,24,31H,6-7,9-12,15-16H2,1H3,(H,32,34)/t19-,24-/m0/s1. The van der Waals surface area contributed by atoms with Crippen LogP contribution in [0.1, 0.15) is 42.1 Å². The molecule has 2 N–H and O–H groups in total. The lowest BCUT2D eigenvalue weighted by Crippen LogP contribution is -2.35. The van der Waals surface area contributed by atoms with E-state index in [-0.39, 0.29) is 18.1 Å². The molecule has 1 fully saturated rings. The Balaban J connectivity index is 1.18. The first kappa shape index (κ1) is 24.8. The van der Waals surface area contributed by atoms with E-state index in [1.54, 1.807) is 7.11 Å².